The second-order valence-corrected chi connectivity index (χ2v) is 4.18. The molecule has 0 amide bonds. The topological polar surface area (TPSA) is 55.1 Å². The van der Waals surface area contributed by atoms with E-state index in [1.165, 1.54) is 28.7 Å². The first-order valence-electron chi connectivity index (χ1n) is 5.98. The zero-order valence-corrected chi connectivity index (χ0v) is 10.3. The SMILES string of the molecule is CCc1ccc(C(O)Cn2cnccc2=O)cc1. The average molecular weight is 244 g/mol. The van der Waals surface area contributed by atoms with Gasteiger partial charge in [-0.1, -0.05) is 31.2 Å². The quantitative estimate of drug-likeness (QED) is 0.887. The van der Waals surface area contributed by atoms with Gasteiger partial charge in [0.25, 0.3) is 5.56 Å². The standard InChI is InChI=1S/C14H16N2O2/c1-2-11-3-5-12(6-4-11)13(17)9-16-10-15-8-7-14(16)18/h3-8,10,13,17H,2,9H2,1H3. The highest BCUT2D eigenvalue weighted by Crippen LogP contribution is 2.15. The van der Waals surface area contributed by atoms with Gasteiger partial charge in [0.1, 0.15) is 0 Å². The van der Waals surface area contributed by atoms with Crippen LogP contribution in [0.5, 0.6) is 0 Å². The molecule has 1 atom stereocenters. The molecule has 2 aromatic rings. The fourth-order valence-electron chi connectivity index (χ4n) is 1.78. The maximum absolute atomic E-state index is 11.5. The molecule has 0 aliphatic heterocycles. The lowest BCUT2D eigenvalue weighted by Gasteiger charge is -2.12. The van der Waals surface area contributed by atoms with Crippen molar-refractivity contribution in [3.8, 4) is 0 Å². The van der Waals surface area contributed by atoms with Crippen LogP contribution in [0, 0.1) is 0 Å². The van der Waals surface area contributed by atoms with Gasteiger partial charge in [-0.25, -0.2) is 4.98 Å². The summed E-state index contributed by atoms with van der Waals surface area (Å²) in [6, 6.07) is 9.15. The molecule has 0 saturated heterocycles. The van der Waals surface area contributed by atoms with Crippen molar-refractivity contribution in [1.82, 2.24) is 9.55 Å². The summed E-state index contributed by atoms with van der Waals surface area (Å²) < 4.78 is 1.40. The molecule has 0 radical (unpaired) electrons. The Labute approximate surface area is 106 Å². The van der Waals surface area contributed by atoms with Crippen LogP contribution in [0.15, 0.2) is 47.7 Å². The number of aliphatic hydroxyl groups is 1. The van der Waals surface area contributed by atoms with Crippen molar-refractivity contribution in [2.75, 3.05) is 0 Å². The Kier molecular flexibility index (Phi) is 3.89. The second kappa shape index (κ2) is 5.60. The summed E-state index contributed by atoms with van der Waals surface area (Å²) in [4.78, 5) is 15.4. The Hall–Kier alpha value is -1.94. The molecule has 0 fully saturated rings. The van der Waals surface area contributed by atoms with Gasteiger partial charge in [0.15, 0.2) is 0 Å². The summed E-state index contributed by atoms with van der Waals surface area (Å²) >= 11 is 0. The minimum atomic E-state index is -0.696. The van der Waals surface area contributed by atoms with E-state index in [0.29, 0.717) is 0 Å². The number of hydrogen-bond acceptors (Lipinski definition) is 3. The van der Waals surface area contributed by atoms with E-state index in [4.69, 9.17) is 0 Å². The highest BCUT2D eigenvalue weighted by Gasteiger charge is 2.08. The Bertz CT molecular complexity index is 561. The molecule has 0 spiro atoms. The first-order chi connectivity index (χ1) is 8.70. The van der Waals surface area contributed by atoms with Crippen molar-refractivity contribution in [2.45, 2.75) is 26.0 Å². The van der Waals surface area contributed by atoms with E-state index in [1.54, 1.807) is 0 Å². The van der Waals surface area contributed by atoms with Crippen molar-refractivity contribution in [2.24, 2.45) is 0 Å². The Balaban J connectivity index is 2.14. The number of aliphatic hydroxyl groups excluding tert-OH is 1. The Morgan fingerprint density at radius 1 is 1.28 bits per heavy atom. The smallest absolute Gasteiger partial charge is 0.253 e. The zero-order valence-electron chi connectivity index (χ0n) is 10.3. The van der Waals surface area contributed by atoms with Crippen molar-refractivity contribution in [1.29, 1.82) is 0 Å². The van der Waals surface area contributed by atoms with E-state index < -0.39 is 6.10 Å². The number of aromatic nitrogens is 2. The molecule has 1 N–H and O–H groups in total. The van der Waals surface area contributed by atoms with E-state index in [1.807, 2.05) is 24.3 Å². The summed E-state index contributed by atoms with van der Waals surface area (Å²) in [6.07, 6.45) is 3.16. The molecular weight excluding hydrogens is 228 g/mol. The molecule has 4 nitrogen and oxygen atoms in total. The molecule has 0 saturated carbocycles. The lowest BCUT2D eigenvalue weighted by Crippen LogP contribution is -2.22. The van der Waals surface area contributed by atoms with Crippen LogP contribution >= 0.6 is 0 Å². The lowest BCUT2D eigenvalue weighted by atomic mass is 10.1. The third-order valence-corrected chi connectivity index (χ3v) is 2.93. The van der Waals surface area contributed by atoms with Crippen LogP contribution in [0.4, 0.5) is 0 Å². The van der Waals surface area contributed by atoms with Gasteiger partial charge in [0.2, 0.25) is 0 Å². The van der Waals surface area contributed by atoms with E-state index in [-0.39, 0.29) is 12.1 Å². The molecule has 1 aromatic carbocycles. The monoisotopic (exact) mass is 244 g/mol. The molecular formula is C14H16N2O2. The normalized spacial score (nSPS) is 12.3. The summed E-state index contributed by atoms with van der Waals surface area (Å²) in [7, 11) is 0. The van der Waals surface area contributed by atoms with Crippen molar-refractivity contribution in [3.05, 3.63) is 64.3 Å². The zero-order chi connectivity index (χ0) is 13.0. The molecule has 1 aromatic heterocycles. The maximum atomic E-state index is 11.5. The van der Waals surface area contributed by atoms with Gasteiger partial charge in [0, 0.05) is 12.3 Å². The summed E-state index contributed by atoms with van der Waals surface area (Å²) in [5, 5.41) is 10.1. The summed E-state index contributed by atoms with van der Waals surface area (Å²) in [6.45, 7) is 2.30. The van der Waals surface area contributed by atoms with Crippen LogP contribution in [0.2, 0.25) is 0 Å². The number of hydrogen-bond donors (Lipinski definition) is 1. The highest BCUT2D eigenvalue weighted by molar-refractivity contribution is 5.24. The highest BCUT2D eigenvalue weighted by atomic mass is 16.3. The second-order valence-electron chi connectivity index (χ2n) is 4.18. The molecule has 1 unspecified atom stereocenters. The summed E-state index contributed by atoms with van der Waals surface area (Å²) in [5.74, 6) is 0. The lowest BCUT2D eigenvalue weighted by molar-refractivity contribution is 0.154. The number of benzene rings is 1. The molecule has 1 heterocycles. The van der Waals surface area contributed by atoms with Gasteiger partial charge < -0.3 is 5.11 Å². The Morgan fingerprint density at radius 2 is 2.00 bits per heavy atom. The van der Waals surface area contributed by atoms with Crippen LogP contribution in [-0.2, 0) is 13.0 Å². The third kappa shape index (κ3) is 2.84. The van der Waals surface area contributed by atoms with Crippen molar-refractivity contribution < 1.29 is 5.11 Å². The van der Waals surface area contributed by atoms with Gasteiger partial charge >= 0.3 is 0 Å². The van der Waals surface area contributed by atoms with Crippen LogP contribution in [-0.4, -0.2) is 14.7 Å². The largest absolute Gasteiger partial charge is 0.387 e. The molecule has 18 heavy (non-hydrogen) atoms. The van der Waals surface area contributed by atoms with Gasteiger partial charge in [-0.15, -0.1) is 0 Å². The first-order valence-corrected chi connectivity index (χ1v) is 5.98. The minimum absolute atomic E-state index is 0.158. The molecule has 2 rings (SSSR count). The summed E-state index contributed by atoms with van der Waals surface area (Å²) in [5.41, 5.74) is 1.88. The number of aryl methyl sites for hydroxylation is 1. The van der Waals surface area contributed by atoms with Gasteiger partial charge in [-0.3, -0.25) is 9.36 Å². The minimum Gasteiger partial charge on any atom is -0.387 e. The predicted molar refractivity (Wildman–Crippen MR) is 69.3 cm³/mol. The van der Waals surface area contributed by atoms with Crippen LogP contribution in [0.1, 0.15) is 24.2 Å². The number of nitrogens with zero attached hydrogens (tertiary/aromatic N) is 2. The van der Waals surface area contributed by atoms with Gasteiger partial charge in [0.05, 0.1) is 19.0 Å². The van der Waals surface area contributed by atoms with E-state index >= 15 is 0 Å². The molecule has 0 aliphatic rings. The Morgan fingerprint density at radius 3 is 2.61 bits per heavy atom. The fourth-order valence-corrected chi connectivity index (χ4v) is 1.78. The van der Waals surface area contributed by atoms with Crippen LogP contribution in [0.25, 0.3) is 0 Å². The first kappa shape index (κ1) is 12.5. The van der Waals surface area contributed by atoms with E-state index in [0.717, 1.165) is 12.0 Å². The van der Waals surface area contributed by atoms with Crippen LogP contribution in [0.3, 0.4) is 0 Å². The van der Waals surface area contributed by atoms with Crippen LogP contribution < -0.4 is 5.56 Å². The molecule has 0 bridgehead atoms. The van der Waals surface area contributed by atoms with Gasteiger partial charge in [-0.05, 0) is 17.5 Å². The molecule has 4 heteroatoms. The van der Waals surface area contributed by atoms with Crippen molar-refractivity contribution in [3.63, 3.8) is 0 Å². The van der Waals surface area contributed by atoms with E-state index in [9.17, 15) is 9.90 Å². The third-order valence-electron chi connectivity index (χ3n) is 2.93. The molecule has 0 aliphatic carbocycles. The fraction of sp³-hybridized carbons (Fsp3) is 0.286. The van der Waals surface area contributed by atoms with E-state index in [2.05, 4.69) is 11.9 Å². The maximum Gasteiger partial charge on any atom is 0.253 e. The molecule has 94 valence electrons. The van der Waals surface area contributed by atoms with Gasteiger partial charge in [-0.2, -0.15) is 0 Å². The van der Waals surface area contributed by atoms with Crippen molar-refractivity contribution >= 4 is 0 Å². The average Bonchev–Trinajstić information content (AvgIpc) is 2.41. The number of rotatable bonds is 4. The predicted octanol–water partition coefficient (Wildman–Crippen LogP) is 1.54.